The number of carbonyl (C=O) groups excluding carboxylic acids is 1. The Bertz CT molecular complexity index is 857. The number of amides is 1. The number of benzene rings is 1. The van der Waals surface area contributed by atoms with Crippen molar-refractivity contribution in [2.24, 2.45) is 0 Å². The highest BCUT2D eigenvalue weighted by Crippen LogP contribution is 2.32. The van der Waals surface area contributed by atoms with Crippen molar-refractivity contribution in [3.63, 3.8) is 0 Å². The van der Waals surface area contributed by atoms with Crippen LogP contribution in [0, 0.1) is 6.92 Å². The van der Waals surface area contributed by atoms with E-state index in [9.17, 15) is 4.79 Å². The molecule has 2 fully saturated rings. The standard InChI is InChI=1S/C20H25N5O3/c1-14-12-18(23-17-5-3-4-16(13-17)22-15(2)26)24-19(21-14)25-8-6-20(7-9-25)27-10-11-28-20/h3-5,12-13H,6-11H2,1-2H3,(H,22,26)(H,21,23,24). The average molecular weight is 383 g/mol. The van der Waals surface area contributed by atoms with Crippen LogP contribution in [0.1, 0.15) is 25.5 Å². The predicted octanol–water partition coefficient (Wildman–Crippen LogP) is 2.83. The molecule has 1 aromatic carbocycles. The van der Waals surface area contributed by atoms with Gasteiger partial charge in [-0.05, 0) is 25.1 Å². The molecule has 2 aromatic rings. The van der Waals surface area contributed by atoms with Crippen molar-refractivity contribution in [3.05, 3.63) is 36.0 Å². The summed E-state index contributed by atoms with van der Waals surface area (Å²) in [4.78, 5) is 22.7. The highest BCUT2D eigenvalue weighted by molar-refractivity contribution is 5.89. The van der Waals surface area contributed by atoms with E-state index in [-0.39, 0.29) is 5.91 Å². The van der Waals surface area contributed by atoms with Crippen LogP contribution in [0.25, 0.3) is 0 Å². The van der Waals surface area contributed by atoms with Crippen LogP contribution in [-0.2, 0) is 14.3 Å². The Labute approximate surface area is 164 Å². The molecule has 148 valence electrons. The molecular weight excluding hydrogens is 358 g/mol. The molecule has 0 unspecified atom stereocenters. The van der Waals surface area contributed by atoms with E-state index in [1.807, 2.05) is 37.3 Å². The molecule has 8 heteroatoms. The fourth-order valence-electron chi connectivity index (χ4n) is 3.62. The van der Waals surface area contributed by atoms with Gasteiger partial charge in [0.05, 0.1) is 13.2 Å². The Hall–Kier alpha value is -2.71. The first-order valence-corrected chi connectivity index (χ1v) is 9.55. The number of hydrogen-bond acceptors (Lipinski definition) is 7. The van der Waals surface area contributed by atoms with Crippen molar-refractivity contribution >= 4 is 29.0 Å². The van der Waals surface area contributed by atoms with Crippen LogP contribution in [0.5, 0.6) is 0 Å². The topological polar surface area (TPSA) is 88.6 Å². The number of rotatable bonds is 4. The molecule has 2 saturated heterocycles. The summed E-state index contributed by atoms with van der Waals surface area (Å²) in [7, 11) is 0. The number of piperidine rings is 1. The second-order valence-corrected chi connectivity index (χ2v) is 7.18. The van der Waals surface area contributed by atoms with Crippen LogP contribution < -0.4 is 15.5 Å². The minimum absolute atomic E-state index is 0.101. The molecule has 3 heterocycles. The molecule has 0 saturated carbocycles. The molecule has 0 aliphatic carbocycles. The van der Waals surface area contributed by atoms with E-state index >= 15 is 0 Å². The monoisotopic (exact) mass is 383 g/mol. The van der Waals surface area contributed by atoms with Crippen LogP contribution in [0.3, 0.4) is 0 Å². The van der Waals surface area contributed by atoms with Gasteiger partial charge in [-0.1, -0.05) is 6.07 Å². The van der Waals surface area contributed by atoms with Crippen LogP contribution in [0.2, 0.25) is 0 Å². The second-order valence-electron chi connectivity index (χ2n) is 7.18. The van der Waals surface area contributed by atoms with Gasteiger partial charge in [-0.15, -0.1) is 0 Å². The molecule has 1 aromatic heterocycles. The fraction of sp³-hybridized carbons (Fsp3) is 0.450. The molecule has 1 spiro atoms. The Kier molecular flexibility index (Phi) is 5.15. The van der Waals surface area contributed by atoms with Gasteiger partial charge in [-0.2, -0.15) is 4.98 Å². The quantitative estimate of drug-likeness (QED) is 0.839. The van der Waals surface area contributed by atoms with Crippen LogP contribution in [0.15, 0.2) is 30.3 Å². The summed E-state index contributed by atoms with van der Waals surface area (Å²) >= 11 is 0. The van der Waals surface area contributed by atoms with Gasteiger partial charge in [0.15, 0.2) is 5.79 Å². The van der Waals surface area contributed by atoms with E-state index in [2.05, 4.69) is 20.5 Å². The zero-order valence-electron chi connectivity index (χ0n) is 16.2. The van der Waals surface area contributed by atoms with Gasteiger partial charge in [0.25, 0.3) is 0 Å². The first-order chi connectivity index (χ1) is 13.5. The number of nitrogens with one attached hydrogen (secondary N) is 2. The van der Waals surface area contributed by atoms with Crippen molar-refractivity contribution in [3.8, 4) is 0 Å². The van der Waals surface area contributed by atoms with Gasteiger partial charge >= 0.3 is 0 Å². The smallest absolute Gasteiger partial charge is 0.227 e. The molecular formula is C20H25N5O3. The lowest BCUT2D eigenvalue weighted by Crippen LogP contribution is -2.45. The summed E-state index contributed by atoms with van der Waals surface area (Å²) in [6, 6.07) is 9.44. The molecule has 28 heavy (non-hydrogen) atoms. The van der Waals surface area contributed by atoms with Gasteiger partial charge in [-0.25, -0.2) is 4.98 Å². The molecule has 8 nitrogen and oxygen atoms in total. The summed E-state index contributed by atoms with van der Waals surface area (Å²) in [5.74, 6) is 0.908. The Morgan fingerprint density at radius 3 is 2.54 bits per heavy atom. The number of hydrogen-bond donors (Lipinski definition) is 2. The summed E-state index contributed by atoms with van der Waals surface area (Å²) in [6.45, 7) is 6.38. The molecule has 2 N–H and O–H groups in total. The van der Waals surface area contributed by atoms with Gasteiger partial charge in [-0.3, -0.25) is 4.79 Å². The lowest BCUT2D eigenvalue weighted by molar-refractivity contribution is -0.169. The van der Waals surface area contributed by atoms with Crippen molar-refractivity contribution in [1.82, 2.24) is 9.97 Å². The molecule has 0 radical (unpaired) electrons. The number of aryl methyl sites for hydroxylation is 1. The largest absolute Gasteiger partial charge is 0.347 e. The maximum absolute atomic E-state index is 11.3. The lowest BCUT2D eigenvalue weighted by atomic mass is 10.0. The highest BCUT2D eigenvalue weighted by atomic mass is 16.7. The number of nitrogens with zero attached hydrogens (tertiary/aromatic N) is 3. The van der Waals surface area contributed by atoms with Gasteiger partial charge in [0.1, 0.15) is 5.82 Å². The van der Waals surface area contributed by atoms with E-state index in [0.717, 1.165) is 48.8 Å². The zero-order chi connectivity index (χ0) is 19.6. The fourth-order valence-corrected chi connectivity index (χ4v) is 3.62. The number of ether oxygens (including phenoxy) is 2. The van der Waals surface area contributed by atoms with E-state index in [1.54, 1.807) is 0 Å². The van der Waals surface area contributed by atoms with E-state index in [0.29, 0.717) is 19.2 Å². The molecule has 2 aliphatic rings. The molecule has 1 amide bonds. The van der Waals surface area contributed by atoms with Crippen molar-refractivity contribution < 1.29 is 14.3 Å². The normalized spacial score (nSPS) is 18.3. The molecule has 0 atom stereocenters. The van der Waals surface area contributed by atoms with Crippen LogP contribution in [-0.4, -0.2) is 48.0 Å². The zero-order valence-corrected chi connectivity index (χ0v) is 16.2. The van der Waals surface area contributed by atoms with Crippen molar-refractivity contribution in [2.45, 2.75) is 32.5 Å². The summed E-state index contributed by atoms with van der Waals surface area (Å²) in [6.07, 6.45) is 1.62. The number of anilines is 4. The van der Waals surface area contributed by atoms with Gasteiger partial charge in [0, 0.05) is 56.0 Å². The van der Waals surface area contributed by atoms with Gasteiger partial charge < -0.3 is 25.0 Å². The predicted molar refractivity (Wildman–Crippen MR) is 107 cm³/mol. The van der Waals surface area contributed by atoms with Crippen molar-refractivity contribution in [2.75, 3.05) is 41.8 Å². The summed E-state index contributed by atoms with van der Waals surface area (Å²) in [5, 5.41) is 6.09. The summed E-state index contributed by atoms with van der Waals surface area (Å²) < 4.78 is 11.6. The van der Waals surface area contributed by atoms with E-state index in [1.165, 1.54) is 6.92 Å². The lowest BCUT2D eigenvalue weighted by Gasteiger charge is -2.37. The van der Waals surface area contributed by atoms with E-state index < -0.39 is 5.79 Å². The minimum atomic E-state index is -0.411. The van der Waals surface area contributed by atoms with Crippen LogP contribution in [0.4, 0.5) is 23.1 Å². The van der Waals surface area contributed by atoms with Crippen molar-refractivity contribution in [1.29, 1.82) is 0 Å². The third-order valence-corrected chi connectivity index (χ3v) is 4.92. The highest BCUT2D eigenvalue weighted by Gasteiger charge is 2.40. The maximum Gasteiger partial charge on any atom is 0.227 e. The summed E-state index contributed by atoms with van der Waals surface area (Å²) in [5.41, 5.74) is 2.47. The number of aromatic nitrogens is 2. The Morgan fingerprint density at radius 2 is 1.82 bits per heavy atom. The maximum atomic E-state index is 11.3. The Balaban J connectivity index is 1.48. The molecule has 0 bridgehead atoms. The third kappa shape index (κ3) is 4.23. The molecule has 2 aliphatic heterocycles. The van der Waals surface area contributed by atoms with Gasteiger partial charge in [0.2, 0.25) is 11.9 Å². The first-order valence-electron chi connectivity index (χ1n) is 9.55. The van der Waals surface area contributed by atoms with E-state index in [4.69, 9.17) is 14.5 Å². The SMILES string of the molecule is CC(=O)Nc1cccc(Nc2cc(C)nc(N3CCC4(CC3)OCCO4)n2)c1. The first kappa shape index (κ1) is 18.6. The average Bonchev–Trinajstić information content (AvgIpc) is 3.09. The van der Waals surface area contributed by atoms with Crippen LogP contribution >= 0.6 is 0 Å². The second kappa shape index (κ2) is 7.73. The third-order valence-electron chi connectivity index (χ3n) is 4.92. The minimum Gasteiger partial charge on any atom is -0.347 e. The Morgan fingerprint density at radius 1 is 1.11 bits per heavy atom. The molecule has 4 rings (SSSR count). The number of carbonyl (C=O) groups is 1.